The third kappa shape index (κ3) is 3.48. The highest BCUT2D eigenvalue weighted by Crippen LogP contribution is 1.99. The van der Waals surface area contributed by atoms with E-state index in [-0.39, 0.29) is 0 Å². The molecule has 1 aromatic heterocycles. The molecule has 1 rings (SSSR count). The first kappa shape index (κ1) is 9.91. The molecule has 3 N–H and O–H groups in total. The summed E-state index contributed by atoms with van der Waals surface area (Å²) in [6.45, 7) is 0. The van der Waals surface area contributed by atoms with Gasteiger partial charge in [-0.05, 0) is 12.1 Å². The molecule has 1 heterocycles. The van der Waals surface area contributed by atoms with Crippen LogP contribution in [0.3, 0.4) is 0 Å². The van der Waals surface area contributed by atoms with Crippen LogP contribution >= 0.6 is 0 Å². The maximum Gasteiger partial charge on any atom is 0.249 e. The van der Waals surface area contributed by atoms with Gasteiger partial charge in [-0.2, -0.15) is 0 Å². The van der Waals surface area contributed by atoms with Crippen LogP contribution in [0.15, 0.2) is 36.5 Å². The lowest BCUT2D eigenvalue weighted by atomic mass is 10.4. The molecule has 2 amide bonds. The van der Waals surface area contributed by atoms with Gasteiger partial charge in [-0.3, -0.25) is 9.59 Å². The van der Waals surface area contributed by atoms with Gasteiger partial charge in [-0.1, -0.05) is 6.07 Å². The van der Waals surface area contributed by atoms with Crippen molar-refractivity contribution in [1.29, 1.82) is 0 Å². The number of primary amides is 1. The number of hydrogen-bond acceptors (Lipinski definition) is 3. The van der Waals surface area contributed by atoms with Crippen molar-refractivity contribution < 1.29 is 9.59 Å². The standard InChI is InChI=1S/C9H9N3O2/c10-7(13)4-5-9(14)12-8-3-1-2-6-11-8/h1-6H,(H2,10,13)(H,11,12,14)/b5-4-. The van der Waals surface area contributed by atoms with E-state index in [0.29, 0.717) is 5.82 Å². The second-order valence-corrected chi connectivity index (χ2v) is 2.44. The number of nitrogens with zero attached hydrogens (tertiary/aromatic N) is 1. The number of amides is 2. The third-order valence-corrected chi connectivity index (χ3v) is 1.32. The smallest absolute Gasteiger partial charge is 0.249 e. The van der Waals surface area contributed by atoms with Crippen LogP contribution < -0.4 is 11.1 Å². The molecule has 14 heavy (non-hydrogen) atoms. The minimum Gasteiger partial charge on any atom is -0.366 e. The summed E-state index contributed by atoms with van der Waals surface area (Å²) in [5, 5.41) is 2.45. The summed E-state index contributed by atoms with van der Waals surface area (Å²) < 4.78 is 0. The Morgan fingerprint density at radius 1 is 1.36 bits per heavy atom. The molecule has 0 unspecified atom stereocenters. The minimum atomic E-state index is -0.666. The van der Waals surface area contributed by atoms with Gasteiger partial charge in [0, 0.05) is 18.3 Å². The zero-order chi connectivity index (χ0) is 10.4. The van der Waals surface area contributed by atoms with Crippen molar-refractivity contribution in [3.05, 3.63) is 36.5 Å². The lowest BCUT2D eigenvalue weighted by Gasteiger charge is -1.98. The highest BCUT2D eigenvalue weighted by atomic mass is 16.2. The molecule has 0 bridgehead atoms. The third-order valence-electron chi connectivity index (χ3n) is 1.32. The Morgan fingerprint density at radius 3 is 2.71 bits per heavy atom. The van der Waals surface area contributed by atoms with Gasteiger partial charge in [0.25, 0.3) is 0 Å². The molecule has 1 aromatic rings. The fourth-order valence-corrected chi connectivity index (χ4v) is 0.762. The molecule has 0 saturated carbocycles. The molecule has 0 aliphatic carbocycles. The Bertz CT molecular complexity index is 360. The van der Waals surface area contributed by atoms with E-state index in [1.54, 1.807) is 24.4 Å². The molecule has 5 heteroatoms. The summed E-state index contributed by atoms with van der Waals surface area (Å²) in [6.07, 6.45) is 3.59. The summed E-state index contributed by atoms with van der Waals surface area (Å²) >= 11 is 0. The Kier molecular flexibility index (Phi) is 3.37. The number of carbonyl (C=O) groups is 2. The van der Waals surface area contributed by atoms with Crippen LogP contribution in [0.2, 0.25) is 0 Å². The number of nitrogens with two attached hydrogens (primary N) is 1. The highest BCUT2D eigenvalue weighted by Gasteiger charge is 1.97. The van der Waals surface area contributed by atoms with Gasteiger partial charge in [-0.25, -0.2) is 4.98 Å². The van der Waals surface area contributed by atoms with E-state index < -0.39 is 11.8 Å². The van der Waals surface area contributed by atoms with Crippen LogP contribution in [-0.4, -0.2) is 16.8 Å². The van der Waals surface area contributed by atoms with Crippen molar-refractivity contribution in [1.82, 2.24) is 4.98 Å². The van der Waals surface area contributed by atoms with Gasteiger partial charge in [-0.15, -0.1) is 0 Å². The van der Waals surface area contributed by atoms with Crippen LogP contribution in [0.4, 0.5) is 5.82 Å². The van der Waals surface area contributed by atoms with Crippen LogP contribution in [-0.2, 0) is 9.59 Å². The average molecular weight is 191 g/mol. The molecular formula is C9H9N3O2. The van der Waals surface area contributed by atoms with Crippen molar-refractivity contribution >= 4 is 17.6 Å². The predicted molar refractivity (Wildman–Crippen MR) is 51.2 cm³/mol. The number of aromatic nitrogens is 1. The van der Waals surface area contributed by atoms with Gasteiger partial charge in [0.15, 0.2) is 0 Å². The fraction of sp³-hybridized carbons (Fsp3) is 0. The van der Waals surface area contributed by atoms with E-state index in [1.165, 1.54) is 0 Å². The monoisotopic (exact) mass is 191 g/mol. The number of pyridine rings is 1. The van der Waals surface area contributed by atoms with E-state index in [0.717, 1.165) is 12.2 Å². The van der Waals surface area contributed by atoms with Crippen LogP contribution in [0.25, 0.3) is 0 Å². The highest BCUT2D eigenvalue weighted by molar-refractivity contribution is 6.02. The molecule has 72 valence electrons. The number of carbonyl (C=O) groups excluding carboxylic acids is 2. The van der Waals surface area contributed by atoms with Gasteiger partial charge in [0.2, 0.25) is 11.8 Å². The molecular weight excluding hydrogens is 182 g/mol. The largest absolute Gasteiger partial charge is 0.366 e. The number of nitrogens with one attached hydrogen (secondary N) is 1. The van der Waals surface area contributed by atoms with Gasteiger partial charge in [0.05, 0.1) is 0 Å². The fourth-order valence-electron chi connectivity index (χ4n) is 0.762. The summed E-state index contributed by atoms with van der Waals surface area (Å²) in [5.74, 6) is -0.685. The molecule has 5 nitrogen and oxygen atoms in total. The number of anilines is 1. The Hall–Kier alpha value is -2.17. The average Bonchev–Trinajstić information content (AvgIpc) is 2.16. The van der Waals surface area contributed by atoms with Crippen molar-refractivity contribution in [3.63, 3.8) is 0 Å². The Morgan fingerprint density at radius 2 is 2.14 bits per heavy atom. The van der Waals surface area contributed by atoms with Crippen LogP contribution in [0.1, 0.15) is 0 Å². The molecule has 0 saturated heterocycles. The van der Waals surface area contributed by atoms with E-state index in [9.17, 15) is 9.59 Å². The lowest BCUT2D eigenvalue weighted by molar-refractivity contribution is -0.115. The molecule has 0 spiro atoms. The number of hydrogen-bond donors (Lipinski definition) is 2. The first-order valence-electron chi connectivity index (χ1n) is 3.88. The van der Waals surface area contributed by atoms with E-state index in [4.69, 9.17) is 5.73 Å². The molecule has 0 aromatic carbocycles. The van der Waals surface area contributed by atoms with E-state index in [2.05, 4.69) is 10.3 Å². The summed E-state index contributed by atoms with van der Waals surface area (Å²) in [7, 11) is 0. The maximum atomic E-state index is 11.1. The van der Waals surface area contributed by atoms with E-state index >= 15 is 0 Å². The molecule has 0 radical (unpaired) electrons. The first-order chi connectivity index (χ1) is 6.68. The molecule has 0 fully saturated rings. The van der Waals surface area contributed by atoms with E-state index in [1.807, 2.05) is 0 Å². The quantitative estimate of drug-likeness (QED) is 0.662. The molecule has 0 atom stereocenters. The van der Waals surface area contributed by atoms with Crippen molar-refractivity contribution in [2.75, 3.05) is 5.32 Å². The summed E-state index contributed by atoms with van der Waals surface area (Å²) in [6, 6.07) is 5.10. The van der Waals surface area contributed by atoms with Gasteiger partial charge < -0.3 is 11.1 Å². The van der Waals surface area contributed by atoms with Crippen molar-refractivity contribution in [2.45, 2.75) is 0 Å². The number of rotatable bonds is 3. The normalized spacial score (nSPS) is 10.0. The van der Waals surface area contributed by atoms with Crippen molar-refractivity contribution in [2.24, 2.45) is 5.73 Å². The minimum absolute atomic E-state index is 0.423. The second kappa shape index (κ2) is 4.76. The first-order valence-corrected chi connectivity index (χ1v) is 3.88. The van der Waals surface area contributed by atoms with Crippen LogP contribution in [0, 0.1) is 0 Å². The zero-order valence-electron chi connectivity index (χ0n) is 7.31. The summed E-state index contributed by atoms with van der Waals surface area (Å²) in [4.78, 5) is 25.2. The van der Waals surface area contributed by atoms with Gasteiger partial charge >= 0.3 is 0 Å². The second-order valence-electron chi connectivity index (χ2n) is 2.44. The predicted octanol–water partition coefficient (Wildman–Crippen LogP) is 0.0616. The molecule has 0 aliphatic rings. The maximum absolute atomic E-state index is 11.1. The topological polar surface area (TPSA) is 85.1 Å². The van der Waals surface area contributed by atoms with Crippen molar-refractivity contribution in [3.8, 4) is 0 Å². The van der Waals surface area contributed by atoms with Crippen LogP contribution in [0.5, 0.6) is 0 Å². The SMILES string of the molecule is NC(=O)/C=C\C(=O)Nc1ccccn1. The molecule has 0 aliphatic heterocycles. The zero-order valence-corrected chi connectivity index (χ0v) is 7.31. The Labute approximate surface area is 80.6 Å². The lowest BCUT2D eigenvalue weighted by Crippen LogP contribution is -2.12. The van der Waals surface area contributed by atoms with Gasteiger partial charge in [0.1, 0.15) is 5.82 Å². The Balaban J connectivity index is 2.54. The summed E-state index contributed by atoms with van der Waals surface area (Å²) in [5.41, 5.74) is 4.81.